The van der Waals surface area contributed by atoms with Crippen molar-refractivity contribution in [2.24, 2.45) is 0 Å². The predicted octanol–water partition coefficient (Wildman–Crippen LogP) is 2.22. The lowest BCUT2D eigenvalue weighted by atomic mass is 9.79. The Hall–Kier alpha value is -2.41. The fraction of sp³-hybridized carbons (Fsp3) is 0.409. The molecule has 0 spiro atoms. The van der Waals surface area contributed by atoms with E-state index in [0.29, 0.717) is 19.5 Å². The third-order valence-electron chi connectivity index (χ3n) is 5.38. The highest BCUT2D eigenvalue weighted by Crippen LogP contribution is 2.38. The number of benzene rings is 2. The number of para-hydroxylation sites is 1. The van der Waals surface area contributed by atoms with Crippen LogP contribution in [-0.4, -0.2) is 52.9 Å². The lowest BCUT2D eigenvalue weighted by Crippen LogP contribution is -2.62. The highest BCUT2D eigenvalue weighted by molar-refractivity contribution is 5.77. The molecule has 6 nitrogen and oxygen atoms in total. The van der Waals surface area contributed by atoms with Gasteiger partial charge in [-0.05, 0) is 25.0 Å². The van der Waals surface area contributed by atoms with E-state index >= 15 is 0 Å². The fourth-order valence-electron chi connectivity index (χ4n) is 3.89. The molecular formula is C22H28N2O4. The number of carbonyl (C=O) groups excluding carboxylic acids is 1. The van der Waals surface area contributed by atoms with E-state index in [1.54, 1.807) is 19.1 Å². The first-order valence-corrected chi connectivity index (χ1v) is 9.49. The Kier molecular flexibility index (Phi) is 6.34. The molecule has 0 radical (unpaired) electrons. The number of aromatic hydroxyl groups is 1. The number of amides is 1. The molecular weight excluding hydrogens is 356 g/mol. The second-order valence-electron chi connectivity index (χ2n) is 7.54. The zero-order valence-corrected chi connectivity index (χ0v) is 16.3. The van der Waals surface area contributed by atoms with E-state index in [-0.39, 0.29) is 24.3 Å². The average molecular weight is 384 g/mol. The van der Waals surface area contributed by atoms with E-state index < -0.39 is 11.6 Å². The summed E-state index contributed by atoms with van der Waals surface area (Å²) in [6.07, 6.45) is 0.502. The van der Waals surface area contributed by atoms with Crippen molar-refractivity contribution in [3.05, 3.63) is 65.7 Å². The Bertz CT molecular complexity index is 794. The molecule has 1 aliphatic rings. The van der Waals surface area contributed by atoms with Gasteiger partial charge in [0.15, 0.2) is 0 Å². The predicted molar refractivity (Wildman–Crippen MR) is 107 cm³/mol. The summed E-state index contributed by atoms with van der Waals surface area (Å²) in [6, 6.07) is 16.3. The minimum absolute atomic E-state index is 0.0619. The molecule has 3 atom stereocenters. The molecule has 0 bridgehead atoms. The number of hydrogen-bond acceptors (Lipinski definition) is 5. The highest BCUT2D eigenvalue weighted by atomic mass is 16.5. The number of likely N-dealkylation sites (tertiary alicyclic amines) is 1. The summed E-state index contributed by atoms with van der Waals surface area (Å²) in [5.74, 6) is -0.0234. The molecule has 1 heterocycles. The lowest BCUT2D eigenvalue weighted by molar-refractivity contribution is -0.132. The summed E-state index contributed by atoms with van der Waals surface area (Å²) in [4.78, 5) is 14.5. The third kappa shape index (κ3) is 4.52. The number of carbonyl (C=O) groups is 1. The molecule has 2 aromatic rings. The zero-order valence-electron chi connectivity index (χ0n) is 16.3. The summed E-state index contributed by atoms with van der Waals surface area (Å²) in [5.41, 5.74) is 0.742. The van der Waals surface area contributed by atoms with E-state index in [1.807, 2.05) is 42.5 Å². The molecule has 28 heavy (non-hydrogen) atoms. The van der Waals surface area contributed by atoms with Crippen LogP contribution in [0.2, 0.25) is 0 Å². The van der Waals surface area contributed by atoms with Crippen LogP contribution in [0, 0.1) is 0 Å². The Morgan fingerprint density at radius 3 is 2.57 bits per heavy atom. The van der Waals surface area contributed by atoms with Gasteiger partial charge in [-0.25, -0.2) is 0 Å². The largest absolute Gasteiger partial charge is 0.508 e. The Morgan fingerprint density at radius 1 is 1.21 bits per heavy atom. The lowest BCUT2D eigenvalue weighted by Gasteiger charge is -2.49. The second kappa shape index (κ2) is 8.73. The van der Waals surface area contributed by atoms with Crippen LogP contribution >= 0.6 is 0 Å². The van der Waals surface area contributed by atoms with Crippen LogP contribution in [0.15, 0.2) is 54.6 Å². The number of nitrogens with one attached hydrogen (secondary N) is 1. The van der Waals surface area contributed by atoms with E-state index in [4.69, 9.17) is 4.74 Å². The Morgan fingerprint density at radius 2 is 1.89 bits per heavy atom. The Labute approximate surface area is 165 Å². The standard InChI is InChI=1S/C22H28N2O4/c1-22(27)12-13-24(14-17-10-6-7-11-18(17)25)20(16-8-4-3-5-9-16)21(22)23-19(26)15-28-2/h3-11,20-21,25,27H,12-15H2,1-2H3,(H,23,26)/t20-,21-,22+/m0/s1. The average Bonchev–Trinajstić information content (AvgIpc) is 2.67. The number of phenolic OH excluding ortho intramolecular Hbond substituents is 1. The van der Waals surface area contributed by atoms with Gasteiger partial charge in [0.05, 0.1) is 17.7 Å². The summed E-state index contributed by atoms with van der Waals surface area (Å²) in [5, 5.41) is 24.3. The van der Waals surface area contributed by atoms with E-state index in [9.17, 15) is 15.0 Å². The number of phenols is 1. The minimum atomic E-state index is -1.07. The molecule has 1 aliphatic heterocycles. The van der Waals surface area contributed by atoms with Crippen molar-refractivity contribution in [3.8, 4) is 5.75 Å². The summed E-state index contributed by atoms with van der Waals surface area (Å²) < 4.78 is 4.95. The minimum Gasteiger partial charge on any atom is -0.508 e. The van der Waals surface area contributed by atoms with Gasteiger partial charge in [-0.2, -0.15) is 0 Å². The quantitative estimate of drug-likeness (QED) is 0.712. The number of nitrogens with zero attached hydrogens (tertiary/aromatic N) is 1. The van der Waals surface area contributed by atoms with Crippen LogP contribution in [0.3, 0.4) is 0 Å². The van der Waals surface area contributed by atoms with Gasteiger partial charge in [-0.3, -0.25) is 9.69 Å². The first-order chi connectivity index (χ1) is 13.4. The molecule has 6 heteroatoms. The maximum absolute atomic E-state index is 12.3. The molecule has 0 aliphatic carbocycles. The third-order valence-corrected chi connectivity index (χ3v) is 5.38. The summed E-state index contributed by atoms with van der Waals surface area (Å²) >= 11 is 0. The van der Waals surface area contributed by atoms with Gasteiger partial charge in [0.1, 0.15) is 12.4 Å². The van der Waals surface area contributed by atoms with Crippen molar-refractivity contribution in [3.63, 3.8) is 0 Å². The van der Waals surface area contributed by atoms with Crippen LogP contribution in [0.1, 0.15) is 30.5 Å². The maximum atomic E-state index is 12.3. The molecule has 1 amide bonds. The van der Waals surface area contributed by atoms with Gasteiger partial charge >= 0.3 is 0 Å². The molecule has 0 unspecified atom stereocenters. The number of aliphatic hydroxyl groups is 1. The second-order valence-corrected chi connectivity index (χ2v) is 7.54. The van der Waals surface area contributed by atoms with Gasteiger partial charge < -0.3 is 20.3 Å². The number of ether oxygens (including phenoxy) is 1. The van der Waals surface area contributed by atoms with Crippen LogP contribution in [0.5, 0.6) is 5.75 Å². The highest BCUT2D eigenvalue weighted by Gasteiger charge is 2.46. The van der Waals surface area contributed by atoms with Gasteiger partial charge in [-0.15, -0.1) is 0 Å². The van der Waals surface area contributed by atoms with Crippen molar-refractivity contribution >= 4 is 5.91 Å². The van der Waals surface area contributed by atoms with Crippen molar-refractivity contribution in [2.45, 2.75) is 37.6 Å². The molecule has 0 aromatic heterocycles. The molecule has 1 fully saturated rings. The number of methoxy groups -OCH3 is 1. The molecule has 1 saturated heterocycles. The van der Waals surface area contributed by atoms with Crippen LogP contribution in [0.4, 0.5) is 0 Å². The van der Waals surface area contributed by atoms with Gasteiger partial charge in [0, 0.05) is 25.8 Å². The fourth-order valence-corrected chi connectivity index (χ4v) is 3.89. The monoisotopic (exact) mass is 384 g/mol. The first kappa shape index (κ1) is 20.3. The molecule has 3 N–H and O–H groups in total. The van der Waals surface area contributed by atoms with Crippen LogP contribution in [0.25, 0.3) is 0 Å². The normalized spacial score (nSPS) is 25.4. The van der Waals surface area contributed by atoms with Crippen LogP contribution < -0.4 is 5.32 Å². The molecule has 0 saturated carbocycles. The van der Waals surface area contributed by atoms with Crippen molar-refractivity contribution in [1.29, 1.82) is 0 Å². The zero-order chi connectivity index (χ0) is 20.1. The van der Waals surface area contributed by atoms with E-state index in [0.717, 1.165) is 11.1 Å². The van der Waals surface area contributed by atoms with Crippen molar-refractivity contribution in [2.75, 3.05) is 20.3 Å². The molecule has 3 rings (SSSR count). The smallest absolute Gasteiger partial charge is 0.246 e. The SMILES string of the molecule is COCC(=O)N[C@H]1[C@H](c2ccccc2)N(Cc2ccccc2O)CC[C@@]1(C)O. The van der Waals surface area contributed by atoms with Crippen LogP contribution in [-0.2, 0) is 16.1 Å². The van der Waals surface area contributed by atoms with Gasteiger partial charge in [-0.1, -0.05) is 48.5 Å². The number of piperidine rings is 1. The maximum Gasteiger partial charge on any atom is 0.246 e. The van der Waals surface area contributed by atoms with Crippen molar-refractivity contribution in [1.82, 2.24) is 10.2 Å². The number of rotatable bonds is 6. The van der Waals surface area contributed by atoms with Crippen molar-refractivity contribution < 1.29 is 19.7 Å². The van der Waals surface area contributed by atoms with Gasteiger partial charge in [0.25, 0.3) is 0 Å². The molecule has 150 valence electrons. The summed E-state index contributed by atoms with van der Waals surface area (Å²) in [6.45, 7) is 2.85. The first-order valence-electron chi connectivity index (χ1n) is 9.49. The Balaban J connectivity index is 1.96. The van der Waals surface area contributed by atoms with E-state index in [1.165, 1.54) is 7.11 Å². The molecule has 2 aromatic carbocycles. The van der Waals surface area contributed by atoms with E-state index in [2.05, 4.69) is 10.2 Å². The topological polar surface area (TPSA) is 82.0 Å². The van der Waals surface area contributed by atoms with Gasteiger partial charge in [0.2, 0.25) is 5.91 Å². The number of hydrogen-bond donors (Lipinski definition) is 3. The summed E-state index contributed by atoms with van der Waals surface area (Å²) in [7, 11) is 1.47.